The zero-order valence-electron chi connectivity index (χ0n) is 13.5. The summed E-state index contributed by atoms with van der Waals surface area (Å²) in [5, 5.41) is 19.5. The molecule has 5 nitrogen and oxygen atoms in total. The van der Waals surface area contributed by atoms with Crippen molar-refractivity contribution >= 4 is 35.1 Å². The molecule has 2 aromatic carbocycles. The highest BCUT2D eigenvalue weighted by Crippen LogP contribution is 2.29. The number of aromatic amines is 1. The molecular weight excluding hydrogens is 379 g/mol. The molecule has 1 heterocycles. The van der Waals surface area contributed by atoms with Gasteiger partial charge in [0.25, 0.3) is 0 Å². The molecule has 27 heavy (non-hydrogen) atoms. The maximum atomic E-state index is 12.6. The summed E-state index contributed by atoms with van der Waals surface area (Å²) in [4.78, 5) is 4.11. The van der Waals surface area contributed by atoms with Gasteiger partial charge < -0.3 is 5.32 Å². The van der Waals surface area contributed by atoms with Crippen LogP contribution in [0.25, 0.3) is 0 Å². The van der Waals surface area contributed by atoms with E-state index in [-0.39, 0.29) is 17.2 Å². The Morgan fingerprint density at radius 1 is 1.19 bits per heavy atom. The molecule has 0 spiro atoms. The lowest BCUT2D eigenvalue weighted by Gasteiger charge is -2.05. The van der Waals surface area contributed by atoms with Crippen molar-refractivity contribution in [3.8, 4) is 6.07 Å². The van der Waals surface area contributed by atoms with E-state index in [9.17, 15) is 18.4 Å². The Bertz CT molecular complexity index is 1020. The maximum absolute atomic E-state index is 12.6. The molecular formula is C18H11ClF3N5. The van der Waals surface area contributed by atoms with E-state index in [0.29, 0.717) is 16.3 Å². The summed E-state index contributed by atoms with van der Waals surface area (Å²) in [7, 11) is 0. The molecule has 0 fully saturated rings. The van der Waals surface area contributed by atoms with Gasteiger partial charge in [-0.15, -0.1) is 0 Å². The van der Waals surface area contributed by atoms with Gasteiger partial charge in [-0.1, -0.05) is 29.8 Å². The van der Waals surface area contributed by atoms with Crippen LogP contribution in [-0.2, 0) is 6.18 Å². The SMILES string of the molecule is N#Cc1c(Nc2cccc(Cl)c2)n[nH]c1/N=C/c1ccc(C(F)(F)F)cc1. The first-order valence-electron chi connectivity index (χ1n) is 7.59. The Balaban J connectivity index is 1.80. The first-order chi connectivity index (χ1) is 12.9. The van der Waals surface area contributed by atoms with Crippen molar-refractivity contribution in [2.24, 2.45) is 4.99 Å². The maximum Gasteiger partial charge on any atom is 0.416 e. The van der Waals surface area contributed by atoms with Crippen LogP contribution in [0.5, 0.6) is 0 Å². The second kappa shape index (κ2) is 7.51. The zero-order valence-corrected chi connectivity index (χ0v) is 14.3. The molecule has 9 heteroatoms. The number of nitriles is 1. The first-order valence-corrected chi connectivity index (χ1v) is 7.97. The second-order valence-corrected chi connectivity index (χ2v) is 5.86. The van der Waals surface area contributed by atoms with Gasteiger partial charge in [-0.3, -0.25) is 5.10 Å². The fourth-order valence-electron chi connectivity index (χ4n) is 2.22. The van der Waals surface area contributed by atoms with E-state index in [4.69, 9.17) is 11.6 Å². The molecule has 3 aromatic rings. The van der Waals surface area contributed by atoms with Crippen LogP contribution in [0, 0.1) is 11.3 Å². The van der Waals surface area contributed by atoms with Gasteiger partial charge in [0.2, 0.25) is 0 Å². The van der Waals surface area contributed by atoms with Crippen molar-refractivity contribution in [1.82, 2.24) is 10.2 Å². The summed E-state index contributed by atoms with van der Waals surface area (Å²) in [6.07, 6.45) is -3.05. The molecule has 0 amide bonds. The third-order valence-corrected chi connectivity index (χ3v) is 3.76. The standard InChI is InChI=1S/C18H11ClF3N5/c19-13-2-1-3-14(8-13)25-17-15(9-23)16(26-27-17)24-10-11-4-6-12(7-5-11)18(20,21)22/h1-8,10H,(H2,25,26,27)/b24-10+. The molecule has 136 valence electrons. The quantitative estimate of drug-likeness (QED) is 0.582. The van der Waals surface area contributed by atoms with E-state index >= 15 is 0 Å². The highest BCUT2D eigenvalue weighted by Gasteiger charge is 2.29. The molecule has 0 bridgehead atoms. The van der Waals surface area contributed by atoms with Crippen LogP contribution < -0.4 is 5.32 Å². The summed E-state index contributed by atoms with van der Waals surface area (Å²) in [6.45, 7) is 0. The molecule has 0 unspecified atom stereocenters. The molecule has 3 rings (SSSR count). The van der Waals surface area contributed by atoms with Gasteiger partial charge in [-0.25, -0.2) is 4.99 Å². The van der Waals surface area contributed by atoms with Gasteiger partial charge in [0, 0.05) is 16.9 Å². The predicted octanol–water partition coefficient (Wildman–Crippen LogP) is 5.45. The van der Waals surface area contributed by atoms with Gasteiger partial charge in [0.1, 0.15) is 11.6 Å². The smallest absolute Gasteiger partial charge is 0.338 e. The van der Waals surface area contributed by atoms with Crippen molar-refractivity contribution in [1.29, 1.82) is 5.26 Å². The van der Waals surface area contributed by atoms with Gasteiger partial charge in [-0.05, 0) is 35.9 Å². The van der Waals surface area contributed by atoms with Gasteiger partial charge in [-0.2, -0.15) is 23.5 Å². The van der Waals surface area contributed by atoms with E-state index in [1.54, 1.807) is 24.3 Å². The minimum absolute atomic E-state index is 0.165. The Hall–Kier alpha value is -3.31. The number of hydrogen-bond donors (Lipinski definition) is 2. The summed E-state index contributed by atoms with van der Waals surface area (Å²) in [5.41, 5.74) is 0.514. The average Bonchev–Trinajstić information content (AvgIpc) is 3.01. The predicted molar refractivity (Wildman–Crippen MR) is 96.7 cm³/mol. The minimum atomic E-state index is -4.39. The van der Waals surface area contributed by atoms with Crippen LogP contribution in [-0.4, -0.2) is 16.4 Å². The number of rotatable bonds is 4. The third-order valence-electron chi connectivity index (χ3n) is 3.53. The molecule has 0 saturated carbocycles. The van der Waals surface area contributed by atoms with Crippen molar-refractivity contribution in [2.75, 3.05) is 5.32 Å². The number of halogens is 4. The summed E-state index contributed by atoms with van der Waals surface area (Å²) < 4.78 is 37.7. The van der Waals surface area contributed by atoms with Gasteiger partial charge in [0.15, 0.2) is 11.6 Å². The Labute approximate surface area is 157 Å². The normalized spacial score (nSPS) is 11.5. The minimum Gasteiger partial charge on any atom is -0.338 e. The Morgan fingerprint density at radius 2 is 1.93 bits per heavy atom. The van der Waals surface area contributed by atoms with Crippen LogP contribution in [0.4, 0.5) is 30.5 Å². The Kier molecular flexibility index (Phi) is 5.14. The van der Waals surface area contributed by atoms with Crippen molar-refractivity contribution in [2.45, 2.75) is 6.18 Å². The van der Waals surface area contributed by atoms with E-state index in [2.05, 4.69) is 20.5 Å². The fourth-order valence-corrected chi connectivity index (χ4v) is 2.41. The molecule has 0 radical (unpaired) electrons. The van der Waals surface area contributed by atoms with Crippen molar-refractivity contribution in [3.63, 3.8) is 0 Å². The highest BCUT2D eigenvalue weighted by atomic mass is 35.5. The number of anilines is 2. The topological polar surface area (TPSA) is 76.9 Å². The van der Waals surface area contributed by atoms with Crippen molar-refractivity contribution < 1.29 is 13.2 Å². The lowest BCUT2D eigenvalue weighted by atomic mass is 10.1. The van der Waals surface area contributed by atoms with Crippen molar-refractivity contribution in [3.05, 3.63) is 70.2 Å². The van der Waals surface area contributed by atoms with Crippen LogP contribution in [0.3, 0.4) is 0 Å². The number of aromatic nitrogens is 2. The number of aliphatic imine (C=N–C) groups is 1. The molecule has 0 aliphatic rings. The summed E-state index contributed by atoms with van der Waals surface area (Å²) in [6, 6.07) is 13.4. The van der Waals surface area contributed by atoms with Crippen LogP contribution >= 0.6 is 11.6 Å². The molecule has 0 aliphatic carbocycles. The van der Waals surface area contributed by atoms with Gasteiger partial charge >= 0.3 is 6.18 Å². The fraction of sp³-hybridized carbons (Fsp3) is 0.0556. The number of nitrogens with one attached hydrogen (secondary N) is 2. The van der Waals surface area contributed by atoms with Gasteiger partial charge in [0.05, 0.1) is 5.56 Å². The van der Waals surface area contributed by atoms with E-state index in [1.165, 1.54) is 18.3 Å². The second-order valence-electron chi connectivity index (χ2n) is 5.42. The number of H-pyrrole nitrogens is 1. The van der Waals surface area contributed by atoms with E-state index in [1.807, 2.05) is 6.07 Å². The lowest BCUT2D eigenvalue weighted by Crippen LogP contribution is -2.04. The zero-order chi connectivity index (χ0) is 19.4. The van der Waals surface area contributed by atoms with Crippen LogP contribution in [0.2, 0.25) is 5.02 Å². The monoisotopic (exact) mass is 389 g/mol. The molecule has 2 N–H and O–H groups in total. The number of alkyl halides is 3. The molecule has 0 saturated heterocycles. The summed E-state index contributed by atoms with van der Waals surface area (Å²) >= 11 is 5.92. The van der Waals surface area contributed by atoms with E-state index < -0.39 is 11.7 Å². The largest absolute Gasteiger partial charge is 0.416 e. The lowest BCUT2D eigenvalue weighted by molar-refractivity contribution is -0.137. The number of nitrogens with zero attached hydrogens (tertiary/aromatic N) is 3. The number of benzene rings is 2. The van der Waals surface area contributed by atoms with E-state index in [0.717, 1.165) is 12.1 Å². The van der Waals surface area contributed by atoms with Crippen LogP contribution in [0.15, 0.2) is 53.5 Å². The number of hydrogen-bond acceptors (Lipinski definition) is 4. The molecule has 0 aliphatic heterocycles. The summed E-state index contributed by atoms with van der Waals surface area (Å²) in [5.74, 6) is 0.446. The van der Waals surface area contributed by atoms with Crippen LogP contribution in [0.1, 0.15) is 16.7 Å². The third kappa shape index (κ3) is 4.46. The Morgan fingerprint density at radius 3 is 2.56 bits per heavy atom. The first kappa shape index (κ1) is 18.5. The highest BCUT2D eigenvalue weighted by molar-refractivity contribution is 6.30. The molecule has 0 atom stereocenters. The molecule has 1 aromatic heterocycles. The average molecular weight is 390 g/mol.